The molecule has 3 rings (SSSR count). The lowest BCUT2D eigenvalue weighted by Crippen LogP contribution is -1.97. The first-order chi connectivity index (χ1) is 9.19. The summed E-state index contributed by atoms with van der Waals surface area (Å²) >= 11 is 0. The van der Waals surface area contributed by atoms with Crippen molar-refractivity contribution in [3.05, 3.63) is 47.8 Å². The molecule has 0 unspecified atom stereocenters. The Morgan fingerprint density at radius 2 is 2.00 bits per heavy atom. The maximum absolute atomic E-state index is 5.51. The minimum atomic E-state index is 0.840. The van der Waals surface area contributed by atoms with Gasteiger partial charge in [-0.3, -0.25) is 0 Å². The molecule has 0 aliphatic rings. The molecule has 0 saturated heterocycles. The number of fused-ring (bicyclic) bond motifs is 1. The van der Waals surface area contributed by atoms with Gasteiger partial charge in [0.25, 0.3) is 0 Å². The molecule has 3 aromatic rings. The third-order valence-corrected chi connectivity index (χ3v) is 3.15. The number of aryl methyl sites for hydroxylation is 2. The van der Waals surface area contributed by atoms with Crippen molar-refractivity contribution in [2.45, 2.75) is 13.8 Å². The minimum absolute atomic E-state index is 0.840. The molecule has 0 N–H and O–H groups in total. The molecule has 0 aliphatic carbocycles. The zero-order chi connectivity index (χ0) is 13.4. The number of benzene rings is 1. The molecule has 0 aliphatic heterocycles. The van der Waals surface area contributed by atoms with E-state index in [1.165, 1.54) is 5.56 Å². The molecular formula is C15H15N3O. The van der Waals surface area contributed by atoms with Gasteiger partial charge in [-0.25, -0.2) is 9.50 Å². The zero-order valence-electron chi connectivity index (χ0n) is 11.2. The first-order valence-corrected chi connectivity index (χ1v) is 6.15. The quantitative estimate of drug-likeness (QED) is 0.704. The summed E-state index contributed by atoms with van der Waals surface area (Å²) in [5, 5.41) is 4.57. The summed E-state index contributed by atoms with van der Waals surface area (Å²) < 4.78 is 7.28. The van der Waals surface area contributed by atoms with E-state index in [0.717, 1.165) is 28.2 Å². The van der Waals surface area contributed by atoms with Crippen LogP contribution in [0, 0.1) is 13.8 Å². The van der Waals surface area contributed by atoms with Crippen molar-refractivity contribution < 1.29 is 4.74 Å². The highest BCUT2D eigenvalue weighted by atomic mass is 16.5. The molecule has 96 valence electrons. The van der Waals surface area contributed by atoms with Gasteiger partial charge in [0.05, 0.1) is 12.8 Å². The molecular weight excluding hydrogens is 238 g/mol. The Bertz CT molecular complexity index is 746. The number of rotatable bonds is 2. The lowest BCUT2D eigenvalue weighted by atomic mass is 10.0. The molecule has 19 heavy (non-hydrogen) atoms. The number of nitrogens with zero attached hydrogens (tertiary/aromatic N) is 3. The van der Waals surface area contributed by atoms with Crippen LogP contribution < -0.4 is 4.74 Å². The van der Waals surface area contributed by atoms with Crippen LogP contribution in [0.1, 0.15) is 11.1 Å². The van der Waals surface area contributed by atoms with Gasteiger partial charge >= 0.3 is 0 Å². The number of hydrogen-bond acceptors (Lipinski definition) is 3. The average molecular weight is 253 g/mol. The van der Waals surface area contributed by atoms with Crippen LogP contribution in [0.4, 0.5) is 0 Å². The average Bonchev–Trinajstić information content (AvgIpc) is 2.85. The highest BCUT2D eigenvalue weighted by molar-refractivity contribution is 5.70. The van der Waals surface area contributed by atoms with Crippen LogP contribution in [0.15, 0.2) is 36.7 Å². The van der Waals surface area contributed by atoms with Gasteiger partial charge < -0.3 is 4.74 Å². The van der Waals surface area contributed by atoms with Gasteiger partial charge in [-0.05, 0) is 43.2 Å². The van der Waals surface area contributed by atoms with Crippen LogP contribution in [0.2, 0.25) is 0 Å². The van der Waals surface area contributed by atoms with Gasteiger partial charge in [0.2, 0.25) is 0 Å². The standard InChI is InChI=1S/C15H15N3O/c1-10-8-11(2)15(19-3)12(9-10)13-4-5-14-16-6-7-18(14)17-13/h4-9H,1-3H3. The topological polar surface area (TPSA) is 39.4 Å². The van der Waals surface area contributed by atoms with Gasteiger partial charge in [-0.1, -0.05) is 6.07 Å². The van der Waals surface area contributed by atoms with Gasteiger partial charge in [-0.2, -0.15) is 5.10 Å². The summed E-state index contributed by atoms with van der Waals surface area (Å²) in [6.07, 6.45) is 3.58. The molecule has 1 aromatic carbocycles. The molecule has 0 fully saturated rings. The van der Waals surface area contributed by atoms with Crippen LogP contribution in [0.25, 0.3) is 16.9 Å². The summed E-state index contributed by atoms with van der Waals surface area (Å²) in [6, 6.07) is 8.13. The van der Waals surface area contributed by atoms with E-state index in [-0.39, 0.29) is 0 Å². The number of ether oxygens (including phenoxy) is 1. The Hall–Kier alpha value is -2.36. The molecule has 0 atom stereocenters. The summed E-state index contributed by atoms with van der Waals surface area (Å²) in [7, 11) is 1.69. The van der Waals surface area contributed by atoms with E-state index in [1.807, 2.05) is 25.3 Å². The van der Waals surface area contributed by atoms with Gasteiger partial charge in [0, 0.05) is 18.0 Å². The lowest BCUT2D eigenvalue weighted by molar-refractivity contribution is 0.413. The van der Waals surface area contributed by atoms with Gasteiger partial charge in [-0.15, -0.1) is 0 Å². The van der Waals surface area contributed by atoms with E-state index >= 15 is 0 Å². The van der Waals surface area contributed by atoms with E-state index in [0.29, 0.717) is 0 Å². The second-order valence-corrected chi connectivity index (χ2v) is 4.61. The van der Waals surface area contributed by atoms with Crippen molar-refractivity contribution >= 4 is 5.65 Å². The molecule has 4 heteroatoms. The minimum Gasteiger partial charge on any atom is -0.496 e. The van der Waals surface area contributed by atoms with Crippen molar-refractivity contribution in [3.8, 4) is 17.0 Å². The SMILES string of the molecule is COc1c(C)cc(C)cc1-c1ccc2nccn2n1. The predicted octanol–water partition coefficient (Wildman–Crippen LogP) is 3.02. The largest absolute Gasteiger partial charge is 0.496 e. The van der Waals surface area contributed by atoms with Crippen LogP contribution >= 0.6 is 0 Å². The van der Waals surface area contributed by atoms with Crippen LogP contribution in [-0.2, 0) is 0 Å². The third-order valence-electron chi connectivity index (χ3n) is 3.15. The predicted molar refractivity (Wildman–Crippen MR) is 74.4 cm³/mol. The summed E-state index contributed by atoms with van der Waals surface area (Å²) in [4.78, 5) is 4.20. The van der Waals surface area contributed by atoms with E-state index < -0.39 is 0 Å². The summed E-state index contributed by atoms with van der Waals surface area (Å²) in [5.41, 5.74) is 5.04. The second-order valence-electron chi connectivity index (χ2n) is 4.61. The Kier molecular flexibility index (Phi) is 2.71. The molecule has 2 heterocycles. The maximum atomic E-state index is 5.51. The van der Waals surface area contributed by atoms with Gasteiger partial charge in [0.15, 0.2) is 5.65 Å². The zero-order valence-corrected chi connectivity index (χ0v) is 11.2. The van der Waals surface area contributed by atoms with Crippen LogP contribution in [0.5, 0.6) is 5.75 Å². The van der Waals surface area contributed by atoms with Crippen molar-refractivity contribution in [3.63, 3.8) is 0 Å². The fourth-order valence-electron chi connectivity index (χ4n) is 2.37. The highest BCUT2D eigenvalue weighted by Gasteiger charge is 2.11. The van der Waals surface area contributed by atoms with Crippen molar-refractivity contribution in [2.75, 3.05) is 7.11 Å². The van der Waals surface area contributed by atoms with E-state index in [9.17, 15) is 0 Å². The third kappa shape index (κ3) is 1.95. The fourth-order valence-corrected chi connectivity index (χ4v) is 2.37. The Balaban J connectivity index is 2.24. The summed E-state index contributed by atoms with van der Waals surface area (Å²) in [5.74, 6) is 0.873. The second kappa shape index (κ2) is 4.39. The normalized spacial score (nSPS) is 10.9. The monoisotopic (exact) mass is 253 g/mol. The van der Waals surface area contributed by atoms with E-state index in [4.69, 9.17) is 4.74 Å². The molecule has 0 radical (unpaired) electrons. The number of hydrogen-bond donors (Lipinski definition) is 0. The number of imidazole rings is 1. The van der Waals surface area contributed by atoms with Crippen molar-refractivity contribution in [2.24, 2.45) is 0 Å². The lowest BCUT2D eigenvalue weighted by Gasteiger charge is -2.12. The first kappa shape index (κ1) is 11.7. The van der Waals surface area contributed by atoms with E-state index in [2.05, 4.69) is 29.1 Å². The van der Waals surface area contributed by atoms with Gasteiger partial charge in [0.1, 0.15) is 5.75 Å². The van der Waals surface area contributed by atoms with Crippen LogP contribution in [0.3, 0.4) is 0 Å². The van der Waals surface area contributed by atoms with Crippen molar-refractivity contribution in [1.29, 1.82) is 0 Å². The maximum Gasteiger partial charge on any atom is 0.153 e. The Morgan fingerprint density at radius 3 is 2.79 bits per heavy atom. The Labute approximate surface area is 111 Å². The smallest absolute Gasteiger partial charge is 0.153 e. The fraction of sp³-hybridized carbons (Fsp3) is 0.200. The summed E-state index contributed by atoms with van der Waals surface area (Å²) in [6.45, 7) is 4.12. The Morgan fingerprint density at radius 1 is 1.16 bits per heavy atom. The molecule has 4 nitrogen and oxygen atoms in total. The molecule has 0 bridgehead atoms. The highest BCUT2D eigenvalue weighted by Crippen LogP contribution is 2.32. The van der Waals surface area contributed by atoms with E-state index in [1.54, 1.807) is 17.8 Å². The van der Waals surface area contributed by atoms with Crippen molar-refractivity contribution in [1.82, 2.24) is 14.6 Å². The first-order valence-electron chi connectivity index (χ1n) is 6.15. The number of methoxy groups -OCH3 is 1. The number of aromatic nitrogens is 3. The van der Waals surface area contributed by atoms with Crippen LogP contribution in [-0.4, -0.2) is 21.7 Å². The molecule has 0 amide bonds. The molecule has 0 spiro atoms. The molecule has 0 saturated carbocycles. The molecule has 2 aromatic heterocycles.